The van der Waals surface area contributed by atoms with E-state index in [1.54, 1.807) is 0 Å². The van der Waals surface area contributed by atoms with Gasteiger partial charge in [0, 0.05) is 0 Å². The number of carbonyl (C=O) groups excluding carboxylic acids is 1. The van der Waals surface area contributed by atoms with Crippen LogP contribution in [0.3, 0.4) is 0 Å². The van der Waals surface area contributed by atoms with E-state index in [9.17, 15) is 14.7 Å². The highest BCUT2D eigenvalue weighted by Gasteiger charge is 2.30. The van der Waals surface area contributed by atoms with Crippen molar-refractivity contribution in [1.29, 1.82) is 0 Å². The molecule has 0 radical (unpaired) electrons. The predicted molar refractivity (Wildman–Crippen MR) is 93.8 cm³/mol. The van der Waals surface area contributed by atoms with E-state index >= 15 is 0 Å². The smallest absolute Gasteiger partial charge is 0.326 e. The second-order valence-corrected chi connectivity index (χ2v) is 6.64. The highest BCUT2D eigenvalue weighted by molar-refractivity contribution is 5.87. The van der Waals surface area contributed by atoms with Crippen LogP contribution in [-0.2, 0) is 16.0 Å². The normalized spacial score (nSPS) is 16.7. The van der Waals surface area contributed by atoms with Crippen molar-refractivity contribution < 1.29 is 14.7 Å². The largest absolute Gasteiger partial charge is 0.480 e. The third-order valence-corrected chi connectivity index (χ3v) is 4.88. The molecule has 126 valence electrons. The van der Waals surface area contributed by atoms with Gasteiger partial charge in [0.1, 0.15) is 6.04 Å². The maximum atomic E-state index is 12.3. The summed E-state index contributed by atoms with van der Waals surface area (Å²) in [5.74, 6) is -1.09. The Kier molecular flexibility index (Phi) is 5.14. The molecule has 24 heavy (non-hydrogen) atoms. The molecule has 0 unspecified atom stereocenters. The average molecular weight is 325 g/mol. The first-order valence-corrected chi connectivity index (χ1v) is 8.63. The molecule has 0 aliphatic heterocycles. The Morgan fingerprint density at radius 1 is 1.04 bits per heavy atom. The summed E-state index contributed by atoms with van der Waals surface area (Å²) in [6, 6.07) is 13.1. The molecular formula is C20H23NO3. The zero-order chi connectivity index (χ0) is 16.9. The first kappa shape index (κ1) is 16.5. The van der Waals surface area contributed by atoms with E-state index in [1.807, 2.05) is 42.5 Å². The molecule has 2 aromatic carbocycles. The lowest BCUT2D eigenvalue weighted by Crippen LogP contribution is -2.47. The molecule has 2 N–H and O–H groups in total. The number of aliphatic carboxylic acids is 1. The van der Waals surface area contributed by atoms with Crippen molar-refractivity contribution >= 4 is 22.6 Å². The van der Waals surface area contributed by atoms with E-state index in [4.69, 9.17) is 0 Å². The molecule has 1 saturated carbocycles. The number of hydrogen-bond donors (Lipinski definition) is 2. The molecule has 4 heteroatoms. The number of amides is 1. The molecule has 1 fully saturated rings. The van der Waals surface area contributed by atoms with Crippen LogP contribution in [0.15, 0.2) is 42.5 Å². The molecule has 0 aromatic heterocycles. The van der Waals surface area contributed by atoms with E-state index in [1.165, 1.54) is 0 Å². The Morgan fingerprint density at radius 3 is 2.46 bits per heavy atom. The Labute approximate surface area is 141 Å². The first-order valence-electron chi connectivity index (χ1n) is 8.63. The predicted octanol–water partition coefficient (Wildman–Crippen LogP) is 3.53. The van der Waals surface area contributed by atoms with Gasteiger partial charge in [0.15, 0.2) is 0 Å². The van der Waals surface area contributed by atoms with E-state index in [-0.39, 0.29) is 18.2 Å². The van der Waals surface area contributed by atoms with Gasteiger partial charge in [-0.25, -0.2) is 4.79 Å². The maximum Gasteiger partial charge on any atom is 0.326 e. The summed E-state index contributed by atoms with van der Waals surface area (Å²) in [7, 11) is 0. The van der Waals surface area contributed by atoms with Gasteiger partial charge in [-0.2, -0.15) is 0 Å². The number of nitrogens with one attached hydrogen (secondary N) is 1. The summed E-state index contributed by atoms with van der Waals surface area (Å²) in [4.78, 5) is 23.9. The van der Waals surface area contributed by atoms with Crippen LogP contribution in [0.25, 0.3) is 10.8 Å². The van der Waals surface area contributed by atoms with Crippen molar-refractivity contribution in [2.24, 2.45) is 5.92 Å². The topological polar surface area (TPSA) is 66.4 Å². The van der Waals surface area contributed by atoms with Gasteiger partial charge in [-0.1, -0.05) is 61.7 Å². The van der Waals surface area contributed by atoms with Crippen molar-refractivity contribution in [1.82, 2.24) is 5.32 Å². The molecule has 1 aliphatic carbocycles. The Balaban J connectivity index is 1.67. The monoisotopic (exact) mass is 325 g/mol. The van der Waals surface area contributed by atoms with Crippen LogP contribution < -0.4 is 5.32 Å². The number of carboxylic acids is 1. The van der Waals surface area contributed by atoms with Gasteiger partial charge >= 0.3 is 5.97 Å². The summed E-state index contributed by atoms with van der Waals surface area (Å²) >= 11 is 0. The van der Waals surface area contributed by atoms with Crippen LogP contribution in [-0.4, -0.2) is 23.0 Å². The first-order chi connectivity index (χ1) is 11.6. The lowest BCUT2D eigenvalue weighted by atomic mass is 9.84. The van der Waals surface area contributed by atoms with Crippen LogP contribution in [0.2, 0.25) is 0 Å². The minimum Gasteiger partial charge on any atom is -0.480 e. The maximum absolute atomic E-state index is 12.3. The number of benzene rings is 2. The molecule has 0 heterocycles. The molecular weight excluding hydrogens is 302 g/mol. The van der Waals surface area contributed by atoms with E-state index in [0.717, 1.165) is 48.4 Å². The van der Waals surface area contributed by atoms with Crippen LogP contribution >= 0.6 is 0 Å². The zero-order valence-electron chi connectivity index (χ0n) is 13.7. The summed E-state index contributed by atoms with van der Waals surface area (Å²) in [6.45, 7) is 0. The Hall–Kier alpha value is -2.36. The number of hydrogen-bond acceptors (Lipinski definition) is 2. The van der Waals surface area contributed by atoms with Crippen LogP contribution in [0.5, 0.6) is 0 Å². The van der Waals surface area contributed by atoms with Gasteiger partial charge in [0.25, 0.3) is 0 Å². The van der Waals surface area contributed by atoms with E-state index in [0.29, 0.717) is 0 Å². The van der Waals surface area contributed by atoms with E-state index in [2.05, 4.69) is 5.32 Å². The summed E-state index contributed by atoms with van der Waals surface area (Å²) in [6.07, 6.45) is 5.24. The van der Waals surface area contributed by atoms with Gasteiger partial charge in [-0.15, -0.1) is 0 Å². The molecule has 2 aromatic rings. The average Bonchev–Trinajstić information content (AvgIpc) is 2.60. The molecule has 0 saturated heterocycles. The highest BCUT2D eigenvalue weighted by atomic mass is 16.4. The minimum atomic E-state index is -0.922. The number of carboxylic acid groups (broad SMARTS) is 1. The highest BCUT2D eigenvalue weighted by Crippen LogP contribution is 2.26. The lowest BCUT2D eigenvalue weighted by Gasteiger charge is -2.28. The van der Waals surface area contributed by atoms with Gasteiger partial charge in [-0.05, 0) is 35.1 Å². The van der Waals surface area contributed by atoms with Crippen molar-refractivity contribution in [2.75, 3.05) is 0 Å². The van der Waals surface area contributed by atoms with Crippen molar-refractivity contribution in [2.45, 2.75) is 44.6 Å². The summed E-state index contributed by atoms with van der Waals surface area (Å²) < 4.78 is 0. The van der Waals surface area contributed by atoms with Crippen LogP contribution in [0.4, 0.5) is 0 Å². The summed E-state index contributed by atoms with van der Waals surface area (Å²) in [5.41, 5.74) is 0.902. The number of rotatable bonds is 5. The standard InChI is InChI=1S/C20H23NO3/c22-18(21-19(20(23)24)16-7-2-1-3-8-16)13-14-10-11-15-6-4-5-9-17(15)12-14/h4-6,9-12,16,19H,1-3,7-8,13H2,(H,21,22)(H,23,24)/t19-/m1/s1. The third-order valence-electron chi connectivity index (χ3n) is 4.88. The fourth-order valence-electron chi connectivity index (χ4n) is 3.61. The SMILES string of the molecule is O=C(Cc1ccc2ccccc2c1)N[C@@H](C(=O)O)C1CCCCC1. The zero-order valence-corrected chi connectivity index (χ0v) is 13.7. The number of carbonyl (C=O) groups is 2. The molecule has 1 aliphatic rings. The van der Waals surface area contributed by atoms with Crippen molar-refractivity contribution in [3.05, 3.63) is 48.0 Å². The van der Waals surface area contributed by atoms with Gasteiger partial charge in [0.05, 0.1) is 6.42 Å². The quantitative estimate of drug-likeness (QED) is 0.884. The Morgan fingerprint density at radius 2 is 1.75 bits per heavy atom. The second kappa shape index (κ2) is 7.47. The van der Waals surface area contributed by atoms with E-state index < -0.39 is 12.0 Å². The van der Waals surface area contributed by atoms with Crippen LogP contribution in [0, 0.1) is 5.92 Å². The van der Waals surface area contributed by atoms with Gasteiger partial charge in [-0.3, -0.25) is 4.79 Å². The summed E-state index contributed by atoms with van der Waals surface area (Å²) in [5, 5.41) is 14.4. The molecule has 4 nitrogen and oxygen atoms in total. The van der Waals surface area contributed by atoms with Gasteiger partial charge < -0.3 is 10.4 Å². The lowest BCUT2D eigenvalue weighted by molar-refractivity contribution is -0.143. The van der Waals surface area contributed by atoms with Crippen molar-refractivity contribution in [3.63, 3.8) is 0 Å². The third kappa shape index (κ3) is 3.94. The fourth-order valence-corrected chi connectivity index (χ4v) is 3.61. The molecule has 1 atom stereocenters. The molecule has 3 rings (SSSR count). The second-order valence-electron chi connectivity index (χ2n) is 6.64. The molecule has 0 spiro atoms. The fraction of sp³-hybridized carbons (Fsp3) is 0.400. The molecule has 1 amide bonds. The minimum absolute atomic E-state index is 0.0526. The molecule has 0 bridgehead atoms. The van der Waals surface area contributed by atoms with Crippen molar-refractivity contribution in [3.8, 4) is 0 Å². The van der Waals surface area contributed by atoms with Gasteiger partial charge in [0.2, 0.25) is 5.91 Å². The Bertz CT molecular complexity index is 734. The number of fused-ring (bicyclic) bond motifs is 1. The van der Waals surface area contributed by atoms with Crippen LogP contribution in [0.1, 0.15) is 37.7 Å².